The smallest absolute Gasteiger partial charge is 0.235 e. The molecule has 1 heterocycles. The Morgan fingerprint density at radius 3 is 2.46 bits per heavy atom. The van der Waals surface area contributed by atoms with Crippen LogP contribution in [0.1, 0.15) is 22.3 Å². The first-order valence-corrected chi connectivity index (χ1v) is 11.3. The molecule has 1 amide bonds. The summed E-state index contributed by atoms with van der Waals surface area (Å²) in [6.07, 6.45) is 1.58. The van der Waals surface area contributed by atoms with Gasteiger partial charge in [-0.05, 0) is 44.5 Å². The molecule has 3 N–H and O–H groups in total. The standard InChI is InChI=1S/C24H26N4O7/c1-27(2)13-7-12-20(35-8-26-12)15-10(13)5-9-6-11-17(28(3)4)19(30)16(23(25)33)22(32)24(11,34)21(31)14(9)18(15)29/h7-9,11,14,16-17,34H,5-6H2,1-4H3,(H2,25,33)/t9-,11-,14?,16?,17?,24-/m0/s1. The number of anilines is 1. The number of hydrogen-bond donors (Lipinski definition) is 2. The molecule has 0 bridgehead atoms. The molecule has 0 radical (unpaired) electrons. The minimum Gasteiger partial charge on any atom is -0.443 e. The third kappa shape index (κ3) is 2.91. The van der Waals surface area contributed by atoms with Crippen molar-refractivity contribution in [1.29, 1.82) is 0 Å². The van der Waals surface area contributed by atoms with Crippen molar-refractivity contribution in [2.45, 2.75) is 24.5 Å². The third-order valence-electron chi connectivity index (χ3n) is 7.84. The van der Waals surface area contributed by atoms with Gasteiger partial charge < -0.3 is 20.2 Å². The molecule has 3 unspecified atom stereocenters. The number of ketones is 4. The second-order valence-corrected chi connectivity index (χ2v) is 10.1. The number of aromatic nitrogens is 1. The number of benzene rings is 1. The number of nitrogens with two attached hydrogens (primary N) is 1. The molecule has 2 fully saturated rings. The van der Waals surface area contributed by atoms with Crippen LogP contribution in [-0.4, -0.2) is 83.9 Å². The molecular weight excluding hydrogens is 456 g/mol. The summed E-state index contributed by atoms with van der Waals surface area (Å²) in [5.74, 6) is -9.74. The van der Waals surface area contributed by atoms with Gasteiger partial charge in [0.2, 0.25) is 5.91 Å². The Balaban J connectivity index is 1.70. The monoisotopic (exact) mass is 482 g/mol. The summed E-state index contributed by atoms with van der Waals surface area (Å²) in [6.45, 7) is 0. The van der Waals surface area contributed by atoms with Gasteiger partial charge in [-0.3, -0.25) is 28.9 Å². The number of aliphatic hydroxyl groups is 1. The molecule has 2 aromatic rings. The van der Waals surface area contributed by atoms with Crippen LogP contribution in [-0.2, 0) is 25.6 Å². The Kier molecular flexibility index (Phi) is 5.01. The summed E-state index contributed by atoms with van der Waals surface area (Å²) in [6, 6.07) is 0.710. The minimum atomic E-state index is -2.68. The van der Waals surface area contributed by atoms with Gasteiger partial charge in [-0.15, -0.1) is 0 Å². The van der Waals surface area contributed by atoms with Crippen LogP contribution in [0, 0.1) is 23.7 Å². The Morgan fingerprint density at radius 2 is 1.86 bits per heavy atom. The summed E-state index contributed by atoms with van der Waals surface area (Å²) in [7, 11) is 6.79. The maximum atomic E-state index is 13.9. The lowest BCUT2D eigenvalue weighted by molar-refractivity contribution is -0.181. The van der Waals surface area contributed by atoms with Crippen LogP contribution in [0.3, 0.4) is 0 Å². The van der Waals surface area contributed by atoms with Gasteiger partial charge >= 0.3 is 0 Å². The molecule has 0 spiro atoms. The molecule has 11 heteroatoms. The van der Waals surface area contributed by atoms with Crippen molar-refractivity contribution in [3.05, 3.63) is 23.6 Å². The molecule has 3 aliphatic carbocycles. The first-order valence-electron chi connectivity index (χ1n) is 11.3. The van der Waals surface area contributed by atoms with Crippen LogP contribution in [0.4, 0.5) is 5.69 Å². The maximum absolute atomic E-state index is 13.9. The SMILES string of the molecule is CN(C)c1cc2ncoc2c2c1C[C@H]1C[C@H]3C(N(C)C)C(=O)C(C(N)=O)C(=O)[C@@]3(O)C(=O)C1C2=O. The highest BCUT2D eigenvalue weighted by Crippen LogP contribution is 2.51. The number of hydrogen-bond acceptors (Lipinski definition) is 10. The van der Waals surface area contributed by atoms with E-state index in [0.29, 0.717) is 17.5 Å². The van der Waals surface area contributed by atoms with Gasteiger partial charge in [-0.2, -0.15) is 0 Å². The number of amides is 1. The average molecular weight is 482 g/mol. The summed E-state index contributed by atoms with van der Waals surface area (Å²) < 4.78 is 5.50. The number of carbonyl (C=O) groups excluding carboxylic acids is 5. The Hall–Kier alpha value is -3.44. The summed E-state index contributed by atoms with van der Waals surface area (Å²) in [5.41, 5.74) is 4.98. The van der Waals surface area contributed by atoms with E-state index in [2.05, 4.69) is 4.98 Å². The molecule has 6 atom stereocenters. The van der Waals surface area contributed by atoms with Gasteiger partial charge in [0.15, 0.2) is 46.6 Å². The molecule has 5 rings (SSSR count). The number of fused-ring (bicyclic) bond motifs is 5. The van der Waals surface area contributed by atoms with E-state index >= 15 is 0 Å². The first kappa shape index (κ1) is 23.3. The van der Waals surface area contributed by atoms with Crippen LogP contribution in [0.2, 0.25) is 0 Å². The topological polar surface area (TPSA) is 164 Å². The van der Waals surface area contributed by atoms with Crippen LogP contribution < -0.4 is 10.6 Å². The maximum Gasteiger partial charge on any atom is 0.235 e. The van der Waals surface area contributed by atoms with Gasteiger partial charge in [0.25, 0.3) is 0 Å². The second kappa shape index (κ2) is 7.53. The van der Waals surface area contributed by atoms with Crippen molar-refractivity contribution in [3.8, 4) is 0 Å². The first-order chi connectivity index (χ1) is 16.4. The van der Waals surface area contributed by atoms with Crippen molar-refractivity contribution < 1.29 is 33.5 Å². The molecule has 1 aromatic heterocycles. The number of carbonyl (C=O) groups is 5. The molecule has 11 nitrogen and oxygen atoms in total. The fraction of sp³-hybridized carbons (Fsp3) is 0.500. The summed E-state index contributed by atoms with van der Waals surface area (Å²) in [5, 5.41) is 11.6. The lowest BCUT2D eigenvalue weighted by Gasteiger charge is -2.52. The van der Waals surface area contributed by atoms with E-state index in [4.69, 9.17) is 10.2 Å². The molecule has 35 heavy (non-hydrogen) atoms. The van der Waals surface area contributed by atoms with Gasteiger partial charge in [0.1, 0.15) is 5.52 Å². The van der Waals surface area contributed by atoms with E-state index in [1.165, 1.54) is 11.3 Å². The van der Waals surface area contributed by atoms with E-state index in [-0.39, 0.29) is 17.6 Å². The molecule has 2 saturated carbocycles. The molecule has 1 aromatic carbocycles. The molecule has 3 aliphatic rings. The van der Waals surface area contributed by atoms with Gasteiger partial charge in [0.05, 0.1) is 17.5 Å². The molecule has 0 aliphatic heterocycles. The zero-order chi connectivity index (χ0) is 25.6. The molecular formula is C24H26N4O7. The number of likely N-dealkylation sites (N-methyl/N-ethyl adjacent to an activating group) is 1. The van der Waals surface area contributed by atoms with Gasteiger partial charge in [0, 0.05) is 25.7 Å². The van der Waals surface area contributed by atoms with Gasteiger partial charge in [-0.1, -0.05) is 0 Å². The van der Waals surface area contributed by atoms with Crippen molar-refractivity contribution in [3.63, 3.8) is 0 Å². The quantitative estimate of drug-likeness (QED) is 0.538. The fourth-order valence-corrected chi connectivity index (χ4v) is 6.37. The zero-order valence-corrected chi connectivity index (χ0v) is 19.8. The lowest BCUT2D eigenvalue weighted by atomic mass is 9.52. The van der Waals surface area contributed by atoms with Crippen LogP contribution in [0.25, 0.3) is 11.1 Å². The Labute approximate surface area is 200 Å². The fourth-order valence-electron chi connectivity index (χ4n) is 6.37. The van der Waals surface area contributed by atoms with Crippen molar-refractivity contribution in [2.75, 3.05) is 33.1 Å². The van der Waals surface area contributed by atoms with Crippen LogP contribution in [0.5, 0.6) is 0 Å². The van der Waals surface area contributed by atoms with Crippen molar-refractivity contribution in [1.82, 2.24) is 9.88 Å². The number of Topliss-reactive ketones (excluding diaryl/α,β-unsaturated/α-hetero) is 4. The number of oxazole rings is 1. The van der Waals surface area contributed by atoms with E-state index in [9.17, 15) is 29.1 Å². The largest absolute Gasteiger partial charge is 0.443 e. The van der Waals surface area contributed by atoms with Gasteiger partial charge in [-0.25, -0.2) is 4.98 Å². The summed E-state index contributed by atoms with van der Waals surface area (Å²) in [4.78, 5) is 73.6. The minimum absolute atomic E-state index is 0.0607. The van der Waals surface area contributed by atoms with E-state index in [0.717, 1.165) is 5.69 Å². The van der Waals surface area contributed by atoms with Crippen molar-refractivity contribution in [2.24, 2.45) is 29.4 Å². The highest BCUT2D eigenvalue weighted by Gasteiger charge is 2.69. The zero-order valence-electron chi connectivity index (χ0n) is 19.8. The summed E-state index contributed by atoms with van der Waals surface area (Å²) >= 11 is 0. The van der Waals surface area contributed by atoms with E-state index in [1.54, 1.807) is 20.2 Å². The van der Waals surface area contributed by atoms with Crippen LogP contribution in [0.15, 0.2) is 16.9 Å². The number of nitrogens with zero attached hydrogens (tertiary/aromatic N) is 3. The second-order valence-electron chi connectivity index (χ2n) is 10.1. The molecule has 0 saturated heterocycles. The highest BCUT2D eigenvalue weighted by molar-refractivity contribution is 6.32. The average Bonchev–Trinajstić information content (AvgIpc) is 3.23. The number of rotatable bonds is 3. The third-order valence-corrected chi connectivity index (χ3v) is 7.84. The van der Waals surface area contributed by atoms with E-state index in [1.807, 2.05) is 19.0 Å². The molecule has 184 valence electrons. The highest BCUT2D eigenvalue weighted by atomic mass is 16.3. The number of primary amides is 1. The van der Waals surface area contributed by atoms with Crippen LogP contribution >= 0.6 is 0 Å². The predicted molar refractivity (Wildman–Crippen MR) is 122 cm³/mol. The Bertz CT molecular complexity index is 1330. The predicted octanol–water partition coefficient (Wildman–Crippen LogP) is -0.631. The lowest BCUT2D eigenvalue weighted by Crippen LogP contribution is -2.74. The normalized spacial score (nSPS) is 32.5. The Morgan fingerprint density at radius 1 is 1.17 bits per heavy atom. The van der Waals surface area contributed by atoms with Crippen molar-refractivity contribution >= 4 is 45.8 Å². The van der Waals surface area contributed by atoms with E-state index < -0.39 is 64.4 Å².